The number of aryl methyl sites for hydroxylation is 1. The van der Waals surface area contributed by atoms with E-state index < -0.39 is 0 Å². The Morgan fingerprint density at radius 1 is 1.53 bits per heavy atom. The Kier molecular flexibility index (Phi) is 3.96. The first-order valence-electron chi connectivity index (χ1n) is 4.42. The Balaban J connectivity index is 3.25. The van der Waals surface area contributed by atoms with E-state index in [0.717, 1.165) is 16.2 Å². The second-order valence-electron chi connectivity index (χ2n) is 3.36. The maximum Gasteiger partial charge on any atom is 0.141 e. The highest BCUT2D eigenvalue weighted by Gasteiger charge is 2.15. The van der Waals surface area contributed by atoms with Crippen molar-refractivity contribution in [3.8, 4) is 11.5 Å². The zero-order chi connectivity index (χ0) is 11.6. The standard InChI is InChI=1S/C10H14BrNO3/c1-6-4-7(5-12(2)14)10(15-3)8(11)9(6)13/h4,13-14H,5H2,1-3H3. The minimum atomic E-state index is 0.163. The lowest BCUT2D eigenvalue weighted by Gasteiger charge is -2.15. The van der Waals surface area contributed by atoms with Gasteiger partial charge in [0, 0.05) is 12.6 Å². The van der Waals surface area contributed by atoms with Gasteiger partial charge < -0.3 is 15.1 Å². The summed E-state index contributed by atoms with van der Waals surface area (Å²) in [4.78, 5) is 0. The van der Waals surface area contributed by atoms with Crippen molar-refractivity contribution >= 4 is 15.9 Å². The highest BCUT2D eigenvalue weighted by Crippen LogP contribution is 2.39. The molecule has 0 heterocycles. The molecule has 1 aromatic carbocycles. The molecule has 0 fully saturated rings. The number of ether oxygens (including phenoxy) is 1. The van der Waals surface area contributed by atoms with Crippen LogP contribution in [0.15, 0.2) is 10.5 Å². The highest BCUT2D eigenvalue weighted by molar-refractivity contribution is 9.10. The van der Waals surface area contributed by atoms with Gasteiger partial charge in [-0.25, -0.2) is 0 Å². The number of hydroxylamine groups is 2. The van der Waals surface area contributed by atoms with E-state index in [1.54, 1.807) is 20.0 Å². The fraction of sp³-hybridized carbons (Fsp3) is 0.400. The SMILES string of the molecule is COc1c(CN(C)O)cc(C)c(O)c1Br. The Morgan fingerprint density at radius 3 is 2.60 bits per heavy atom. The summed E-state index contributed by atoms with van der Waals surface area (Å²) in [6, 6.07) is 1.78. The molecule has 0 aromatic heterocycles. The topological polar surface area (TPSA) is 52.9 Å². The molecule has 0 aliphatic heterocycles. The molecule has 0 radical (unpaired) electrons. The van der Waals surface area contributed by atoms with Crippen molar-refractivity contribution in [3.05, 3.63) is 21.7 Å². The van der Waals surface area contributed by atoms with Gasteiger partial charge in [-0.05, 0) is 34.5 Å². The first-order chi connectivity index (χ1) is 6.97. The lowest BCUT2D eigenvalue weighted by Crippen LogP contribution is -2.12. The lowest BCUT2D eigenvalue weighted by molar-refractivity contribution is -0.0735. The molecular weight excluding hydrogens is 262 g/mol. The van der Waals surface area contributed by atoms with Crippen LogP contribution in [-0.2, 0) is 6.54 Å². The summed E-state index contributed by atoms with van der Waals surface area (Å²) in [5, 5.41) is 19.9. The number of hydrogen-bond donors (Lipinski definition) is 2. The molecule has 15 heavy (non-hydrogen) atoms. The van der Waals surface area contributed by atoms with Crippen LogP contribution in [0.3, 0.4) is 0 Å². The molecule has 2 N–H and O–H groups in total. The molecule has 0 aliphatic rings. The Labute approximate surface area is 97.2 Å². The average molecular weight is 276 g/mol. The summed E-state index contributed by atoms with van der Waals surface area (Å²) >= 11 is 3.26. The van der Waals surface area contributed by atoms with E-state index in [4.69, 9.17) is 4.74 Å². The Hall–Kier alpha value is -0.780. The van der Waals surface area contributed by atoms with Crippen molar-refractivity contribution in [2.24, 2.45) is 0 Å². The van der Waals surface area contributed by atoms with Crippen LogP contribution in [0.4, 0.5) is 0 Å². The van der Waals surface area contributed by atoms with Crippen LogP contribution >= 0.6 is 15.9 Å². The summed E-state index contributed by atoms with van der Waals surface area (Å²) < 4.78 is 5.68. The molecule has 1 rings (SSSR count). The van der Waals surface area contributed by atoms with Crippen molar-refractivity contribution in [1.29, 1.82) is 0 Å². The van der Waals surface area contributed by atoms with E-state index in [0.29, 0.717) is 16.8 Å². The number of phenols is 1. The zero-order valence-electron chi connectivity index (χ0n) is 8.91. The van der Waals surface area contributed by atoms with Crippen LogP contribution in [-0.4, -0.2) is 29.5 Å². The quantitative estimate of drug-likeness (QED) is 0.832. The number of methoxy groups -OCH3 is 1. The second kappa shape index (κ2) is 4.83. The van der Waals surface area contributed by atoms with Crippen LogP contribution in [0, 0.1) is 6.92 Å². The molecule has 1 aromatic rings. The third-order valence-corrected chi connectivity index (χ3v) is 2.80. The van der Waals surface area contributed by atoms with Gasteiger partial charge in [-0.15, -0.1) is 0 Å². The third-order valence-electron chi connectivity index (χ3n) is 2.07. The van der Waals surface area contributed by atoms with Gasteiger partial charge in [0.15, 0.2) is 0 Å². The van der Waals surface area contributed by atoms with E-state index in [1.807, 2.05) is 0 Å². The minimum absolute atomic E-state index is 0.163. The van der Waals surface area contributed by atoms with Crippen molar-refractivity contribution in [2.75, 3.05) is 14.2 Å². The maximum atomic E-state index is 9.67. The van der Waals surface area contributed by atoms with Crippen molar-refractivity contribution in [1.82, 2.24) is 5.06 Å². The highest BCUT2D eigenvalue weighted by atomic mass is 79.9. The largest absolute Gasteiger partial charge is 0.506 e. The Morgan fingerprint density at radius 2 is 2.13 bits per heavy atom. The Bertz CT molecular complexity index is 366. The molecule has 4 nitrogen and oxygen atoms in total. The van der Waals surface area contributed by atoms with Crippen LogP contribution in [0.5, 0.6) is 11.5 Å². The van der Waals surface area contributed by atoms with E-state index in [-0.39, 0.29) is 5.75 Å². The summed E-state index contributed by atoms with van der Waals surface area (Å²) in [7, 11) is 3.07. The normalized spacial score (nSPS) is 10.8. The van der Waals surface area contributed by atoms with E-state index in [1.165, 1.54) is 7.11 Å². The maximum absolute atomic E-state index is 9.67. The third kappa shape index (κ3) is 2.62. The zero-order valence-corrected chi connectivity index (χ0v) is 10.5. The summed E-state index contributed by atoms with van der Waals surface area (Å²) in [6.45, 7) is 2.13. The predicted molar refractivity (Wildman–Crippen MR) is 60.3 cm³/mol. The molecule has 0 atom stereocenters. The molecule has 0 saturated carbocycles. The molecule has 0 unspecified atom stereocenters. The molecule has 84 valence electrons. The van der Waals surface area contributed by atoms with Gasteiger partial charge in [0.05, 0.1) is 13.7 Å². The molecule has 0 aliphatic carbocycles. The fourth-order valence-corrected chi connectivity index (χ4v) is 2.13. The molecule has 5 heteroatoms. The first-order valence-corrected chi connectivity index (χ1v) is 5.21. The van der Waals surface area contributed by atoms with Gasteiger partial charge >= 0.3 is 0 Å². The number of rotatable bonds is 3. The van der Waals surface area contributed by atoms with Crippen LogP contribution in [0.25, 0.3) is 0 Å². The fourth-order valence-electron chi connectivity index (χ4n) is 1.40. The van der Waals surface area contributed by atoms with E-state index >= 15 is 0 Å². The van der Waals surface area contributed by atoms with Crippen LogP contribution in [0.1, 0.15) is 11.1 Å². The van der Waals surface area contributed by atoms with E-state index in [2.05, 4.69) is 15.9 Å². The van der Waals surface area contributed by atoms with Gasteiger partial charge in [-0.1, -0.05) is 0 Å². The van der Waals surface area contributed by atoms with Gasteiger partial charge in [-0.3, -0.25) is 0 Å². The molecular formula is C10H14BrNO3. The number of hydrogen-bond acceptors (Lipinski definition) is 4. The van der Waals surface area contributed by atoms with E-state index in [9.17, 15) is 10.3 Å². The van der Waals surface area contributed by atoms with Gasteiger partial charge in [0.1, 0.15) is 16.0 Å². The second-order valence-corrected chi connectivity index (χ2v) is 4.16. The number of benzene rings is 1. The monoisotopic (exact) mass is 275 g/mol. The molecule has 0 amide bonds. The summed E-state index contributed by atoms with van der Waals surface area (Å²) in [6.07, 6.45) is 0. The minimum Gasteiger partial charge on any atom is -0.506 e. The number of phenolic OH excluding ortho intramolecular Hbond substituents is 1. The molecule has 0 saturated heterocycles. The summed E-state index contributed by atoms with van der Waals surface area (Å²) in [5.41, 5.74) is 1.55. The number of aromatic hydroxyl groups is 1. The van der Waals surface area contributed by atoms with Crippen molar-refractivity contribution in [2.45, 2.75) is 13.5 Å². The van der Waals surface area contributed by atoms with Gasteiger partial charge in [0.2, 0.25) is 0 Å². The molecule has 0 spiro atoms. The predicted octanol–water partition coefficient (Wildman–Crippen LogP) is 2.29. The van der Waals surface area contributed by atoms with Crippen LogP contribution in [0.2, 0.25) is 0 Å². The first kappa shape index (κ1) is 12.3. The van der Waals surface area contributed by atoms with Crippen molar-refractivity contribution in [3.63, 3.8) is 0 Å². The van der Waals surface area contributed by atoms with Gasteiger partial charge in [-0.2, -0.15) is 5.06 Å². The number of nitrogens with zero attached hydrogens (tertiary/aromatic N) is 1. The average Bonchev–Trinajstić information content (AvgIpc) is 2.14. The lowest BCUT2D eigenvalue weighted by atomic mass is 10.1. The van der Waals surface area contributed by atoms with Crippen molar-refractivity contribution < 1.29 is 15.1 Å². The summed E-state index contributed by atoms with van der Waals surface area (Å²) in [5.74, 6) is 0.704. The smallest absolute Gasteiger partial charge is 0.141 e. The van der Waals surface area contributed by atoms with Gasteiger partial charge in [0.25, 0.3) is 0 Å². The molecule has 0 bridgehead atoms. The number of halogens is 1. The van der Waals surface area contributed by atoms with Crippen LogP contribution < -0.4 is 4.74 Å².